The molecule has 0 unspecified atom stereocenters. The van der Waals surface area contributed by atoms with E-state index in [0.717, 1.165) is 6.26 Å². The number of nitrogens with zero attached hydrogens (tertiary/aromatic N) is 2. The first-order valence-electron chi connectivity index (χ1n) is 8.04. The maximum atomic E-state index is 11.7. The second-order valence-electron chi connectivity index (χ2n) is 5.77. The normalized spacial score (nSPS) is 11.0. The van der Waals surface area contributed by atoms with Crippen LogP contribution in [0.3, 0.4) is 0 Å². The molecule has 4 N–H and O–H groups in total. The topological polar surface area (TPSA) is 116 Å². The number of sulfone groups is 1. The van der Waals surface area contributed by atoms with Crippen LogP contribution in [0.2, 0.25) is 0 Å². The van der Waals surface area contributed by atoms with Gasteiger partial charge in [-0.3, -0.25) is 0 Å². The molecule has 1 heterocycles. The van der Waals surface area contributed by atoms with Crippen LogP contribution in [0.15, 0.2) is 59.6 Å². The van der Waals surface area contributed by atoms with Gasteiger partial charge in [-0.25, -0.2) is 13.4 Å². The maximum Gasteiger partial charge on any atom is 0.229 e. The molecule has 3 aromatic rings. The minimum Gasteiger partial charge on any atom is -0.504 e. The quantitative estimate of drug-likeness (QED) is 0.478. The van der Waals surface area contributed by atoms with E-state index in [1.807, 2.05) is 0 Å². The first-order valence-corrected chi connectivity index (χ1v) is 9.93. The molecule has 0 radical (unpaired) electrons. The largest absolute Gasteiger partial charge is 0.504 e. The second-order valence-corrected chi connectivity index (χ2v) is 7.78. The van der Waals surface area contributed by atoms with E-state index < -0.39 is 9.84 Å². The molecule has 27 heavy (non-hydrogen) atoms. The maximum absolute atomic E-state index is 11.7. The van der Waals surface area contributed by atoms with Crippen molar-refractivity contribution in [2.75, 3.05) is 29.3 Å². The van der Waals surface area contributed by atoms with E-state index in [0.29, 0.717) is 22.9 Å². The molecule has 0 saturated carbocycles. The van der Waals surface area contributed by atoms with Gasteiger partial charge in [0.15, 0.2) is 15.6 Å². The Morgan fingerprint density at radius 2 is 1.74 bits per heavy atom. The number of rotatable bonds is 6. The molecular weight excluding hydrogens is 366 g/mol. The molecule has 2 aromatic carbocycles. The molecule has 0 bridgehead atoms. The Hall–Kier alpha value is -3.33. The Morgan fingerprint density at radius 1 is 1.00 bits per heavy atom. The smallest absolute Gasteiger partial charge is 0.229 e. The number of para-hydroxylation sites is 1. The van der Waals surface area contributed by atoms with Gasteiger partial charge in [-0.1, -0.05) is 12.1 Å². The van der Waals surface area contributed by atoms with Gasteiger partial charge in [0.2, 0.25) is 5.95 Å². The number of aromatic nitrogens is 2. The Bertz CT molecular complexity index is 1070. The van der Waals surface area contributed by atoms with Gasteiger partial charge in [-0.05, 0) is 36.4 Å². The molecule has 1 aromatic heterocycles. The van der Waals surface area contributed by atoms with Gasteiger partial charge in [0.1, 0.15) is 5.82 Å². The van der Waals surface area contributed by atoms with Crippen LogP contribution >= 0.6 is 0 Å². The molecule has 3 rings (SSSR count). The highest BCUT2D eigenvalue weighted by molar-refractivity contribution is 7.90. The summed E-state index contributed by atoms with van der Waals surface area (Å²) in [5, 5.41) is 19.1. The van der Waals surface area contributed by atoms with Gasteiger partial charge >= 0.3 is 0 Å². The van der Waals surface area contributed by atoms with E-state index in [1.54, 1.807) is 49.6 Å². The third kappa shape index (κ3) is 4.45. The summed E-state index contributed by atoms with van der Waals surface area (Å²) < 4.78 is 23.4. The Kier molecular flexibility index (Phi) is 5.13. The SMILES string of the molecule is CNc1cccc(Nc2ccnc(Nc3cccc(S(C)(=O)=O)c3)n2)c1O. The molecule has 9 heteroatoms. The summed E-state index contributed by atoms with van der Waals surface area (Å²) in [5.41, 5.74) is 1.63. The fraction of sp³-hybridized carbons (Fsp3) is 0.111. The summed E-state index contributed by atoms with van der Waals surface area (Å²) in [6.45, 7) is 0. The van der Waals surface area contributed by atoms with Crippen molar-refractivity contribution < 1.29 is 13.5 Å². The van der Waals surface area contributed by atoms with E-state index in [-0.39, 0.29) is 16.6 Å². The van der Waals surface area contributed by atoms with Gasteiger partial charge in [0.25, 0.3) is 0 Å². The van der Waals surface area contributed by atoms with E-state index in [1.165, 1.54) is 12.1 Å². The van der Waals surface area contributed by atoms with Crippen LogP contribution in [0.25, 0.3) is 0 Å². The van der Waals surface area contributed by atoms with Crippen molar-refractivity contribution in [1.29, 1.82) is 0 Å². The fourth-order valence-corrected chi connectivity index (χ4v) is 3.07. The second kappa shape index (κ2) is 7.50. The molecule has 0 saturated heterocycles. The third-order valence-corrected chi connectivity index (χ3v) is 4.85. The van der Waals surface area contributed by atoms with Crippen LogP contribution in [0.5, 0.6) is 5.75 Å². The molecule has 0 amide bonds. The number of hydrogen-bond donors (Lipinski definition) is 4. The number of aromatic hydroxyl groups is 1. The zero-order valence-corrected chi connectivity index (χ0v) is 15.6. The van der Waals surface area contributed by atoms with Gasteiger partial charge < -0.3 is 21.1 Å². The van der Waals surface area contributed by atoms with Crippen molar-refractivity contribution in [2.45, 2.75) is 4.90 Å². The molecule has 0 aliphatic carbocycles. The number of hydrogen-bond acceptors (Lipinski definition) is 8. The van der Waals surface area contributed by atoms with Crippen molar-refractivity contribution in [3.05, 3.63) is 54.7 Å². The molecule has 0 fully saturated rings. The molecule has 0 atom stereocenters. The first-order chi connectivity index (χ1) is 12.9. The first kappa shape index (κ1) is 18.5. The molecule has 0 aliphatic heterocycles. The lowest BCUT2D eigenvalue weighted by molar-refractivity contribution is 0.480. The van der Waals surface area contributed by atoms with Crippen LogP contribution in [-0.4, -0.2) is 36.8 Å². The number of anilines is 5. The molecule has 8 nitrogen and oxygen atoms in total. The minimum absolute atomic E-state index is 0.0778. The summed E-state index contributed by atoms with van der Waals surface area (Å²) in [5.74, 6) is 0.833. The summed E-state index contributed by atoms with van der Waals surface area (Å²) in [6, 6.07) is 13.3. The summed E-state index contributed by atoms with van der Waals surface area (Å²) in [4.78, 5) is 8.68. The molecule has 0 spiro atoms. The van der Waals surface area contributed by atoms with Crippen LogP contribution in [-0.2, 0) is 9.84 Å². The highest BCUT2D eigenvalue weighted by atomic mass is 32.2. The van der Waals surface area contributed by atoms with E-state index in [4.69, 9.17) is 0 Å². The van der Waals surface area contributed by atoms with Crippen molar-refractivity contribution in [3.63, 3.8) is 0 Å². The number of phenols is 1. The highest BCUT2D eigenvalue weighted by Crippen LogP contribution is 2.33. The van der Waals surface area contributed by atoms with Crippen molar-refractivity contribution in [1.82, 2.24) is 9.97 Å². The van der Waals surface area contributed by atoms with Crippen molar-refractivity contribution in [2.24, 2.45) is 0 Å². The van der Waals surface area contributed by atoms with E-state index in [2.05, 4.69) is 25.9 Å². The standard InChI is InChI=1S/C18H19N5O3S/c1-19-14-7-4-8-15(17(14)24)22-16-9-10-20-18(23-16)21-12-5-3-6-13(11-12)27(2,25)26/h3-11,19,24H,1-2H3,(H2,20,21,22,23). The third-order valence-electron chi connectivity index (χ3n) is 3.74. The van der Waals surface area contributed by atoms with Gasteiger partial charge in [-0.2, -0.15) is 4.98 Å². The number of nitrogens with one attached hydrogen (secondary N) is 3. The Labute approximate surface area is 157 Å². The molecule has 0 aliphatic rings. The number of benzene rings is 2. The van der Waals surface area contributed by atoms with E-state index >= 15 is 0 Å². The summed E-state index contributed by atoms with van der Waals surface area (Å²) in [6.07, 6.45) is 2.70. The lowest BCUT2D eigenvalue weighted by Crippen LogP contribution is -2.02. The monoisotopic (exact) mass is 385 g/mol. The van der Waals surface area contributed by atoms with E-state index in [9.17, 15) is 13.5 Å². The summed E-state index contributed by atoms with van der Waals surface area (Å²) >= 11 is 0. The van der Waals surface area contributed by atoms with Crippen molar-refractivity contribution in [3.8, 4) is 5.75 Å². The van der Waals surface area contributed by atoms with Gasteiger partial charge in [0, 0.05) is 25.2 Å². The van der Waals surface area contributed by atoms with Crippen LogP contribution in [0.1, 0.15) is 0 Å². The average molecular weight is 385 g/mol. The Balaban J connectivity index is 1.83. The number of phenolic OH excluding ortho intramolecular Hbond substituents is 1. The lowest BCUT2D eigenvalue weighted by Gasteiger charge is -2.12. The zero-order chi connectivity index (χ0) is 19.4. The van der Waals surface area contributed by atoms with Crippen LogP contribution in [0, 0.1) is 0 Å². The fourth-order valence-electron chi connectivity index (χ4n) is 2.41. The van der Waals surface area contributed by atoms with Gasteiger partial charge in [-0.15, -0.1) is 0 Å². The predicted octanol–water partition coefficient (Wildman–Crippen LogP) is 3.11. The lowest BCUT2D eigenvalue weighted by atomic mass is 10.2. The minimum atomic E-state index is -3.30. The Morgan fingerprint density at radius 3 is 2.48 bits per heavy atom. The molecule has 140 valence electrons. The summed E-state index contributed by atoms with van der Waals surface area (Å²) in [7, 11) is -1.59. The molecular formula is C18H19N5O3S. The predicted molar refractivity (Wildman–Crippen MR) is 106 cm³/mol. The van der Waals surface area contributed by atoms with Crippen molar-refractivity contribution >= 4 is 38.7 Å². The van der Waals surface area contributed by atoms with Crippen LogP contribution < -0.4 is 16.0 Å². The zero-order valence-electron chi connectivity index (χ0n) is 14.8. The van der Waals surface area contributed by atoms with Gasteiger partial charge in [0.05, 0.1) is 16.3 Å². The van der Waals surface area contributed by atoms with Crippen LogP contribution in [0.4, 0.5) is 28.8 Å². The highest BCUT2D eigenvalue weighted by Gasteiger charge is 2.09. The average Bonchev–Trinajstić information content (AvgIpc) is 2.63.